The number of amides is 1. The van der Waals surface area contributed by atoms with Crippen LogP contribution in [-0.4, -0.2) is 36.3 Å². The van der Waals surface area contributed by atoms with Gasteiger partial charge >= 0.3 is 0 Å². The number of benzene rings is 1. The summed E-state index contributed by atoms with van der Waals surface area (Å²) in [4.78, 5) is 18.6. The van der Waals surface area contributed by atoms with Gasteiger partial charge in [0, 0.05) is 37.7 Å². The van der Waals surface area contributed by atoms with Gasteiger partial charge in [-0.15, -0.1) is 0 Å². The van der Waals surface area contributed by atoms with Gasteiger partial charge in [0.1, 0.15) is 5.84 Å². The molecule has 0 radical (unpaired) electrons. The number of amidine groups is 1. The molecule has 4 rings (SSSR count). The van der Waals surface area contributed by atoms with Crippen LogP contribution in [0.3, 0.4) is 0 Å². The van der Waals surface area contributed by atoms with Crippen molar-refractivity contribution in [1.82, 2.24) is 10.2 Å². The topological polar surface area (TPSA) is 70.7 Å². The van der Waals surface area contributed by atoms with E-state index in [2.05, 4.69) is 23.5 Å². The summed E-state index contributed by atoms with van der Waals surface area (Å²) in [5.74, 6) is 2.07. The smallest absolute Gasteiger partial charge is 0.219 e. The Morgan fingerprint density at radius 1 is 1.21 bits per heavy atom. The molecule has 0 aromatic heterocycles. The van der Waals surface area contributed by atoms with E-state index in [1.165, 1.54) is 56.2 Å². The van der Waals surface area contributed by atoms with E-state index in [9.17, 15) is 4.79 Å². The second-order valence-electron chi connectivity index (χ2n) is 8.90. The van der Waals surface area contributed by atoms with Gasteiger partial charge in [0.25, 0.3) is 0 Å². The molecular weight excluding hydrogens is 360 g/mol. The lowest BCUT2D eigenvalue weighted by Crippen LogP contribution is -2.41. The zero-order chi connectivity index (χ0) is 20.2. The molecule has 1 heterocycles. The zero-order valence-corrected chi connectivity index (χ0v) is 17.6. The SMILES string of the molecule is CC(=O)N1CCC(NCC2CC2)=C(C(N)=Nc2cccc(C3CCCCC3)c2)C1. The van der Waals surface area contributed by atoms with Gasteiger partial charge in [-0.05, 0) is 55.2 Å². The van der Waals surface area contributed by atoms with Gasteiger partial charge in [-0.3, -0.25) is 4.79 Å². The second kappa shape index (κ2) is 9.02. The second-order valence-corrected chi connectivity index (χ2v) is 8.90. The molecule has 0 bridgehead atoms. The lowest BCUT2D eigenvalue weighted by atomic mass is 9.84. The number of aliphatic imine (C=N–C) groups is 1. The van der Waals surface area contributed by atoms with E-state index in [1.54, 1.807) is 6.92 Å². The van der Waals surface area contributed by atoms with Crippen molar-refractivity contribution in [1.29, 1.82) is 0 Å². The number of nitrogens with one attached hydrogen (secondary N) is 1. The third-order valence-electron chi connectivity index (χ3n) is 6.60. The van der Waals surface area contributed by atoms with E-state index in [-0.39, 0.29) is 5.91 Å². The van der Waals surface area contributed by atoms with Gasteiger partial charge in [0.05, 0.1) is 12.2 Å². The highest BCUT2D eigenvalue weighted by molar-refractivity contribution is 6.00. The number of hydrogen-bond donors (Lipinski definition) is 2. The first-order valence-corrected chi connectivity index (χ1v) is 11.3. The van der Waals surface area contributed by atoms with Crippen molar-refractivity contribution in [2.45, 2.75) is 64.2 Å². The predicted octanol–water partition coefficient (Wildman–Crippen LogP) is 4.23. The van der Waals surface area contributed by atoms with Gasteiger partial charge in [0.15, 0.2) is 0 Å². The third-order valence-corrected chi connectivity index (χ3v) is 6.60. The third kappa shape index (κ3) is 5.20. The van der Waals surface area contributed by atoms with E-state index in [1.807, 2.05) is 11.0 Å². The number of nitrogens with zero attached hydrogens (tertiary/aromatic N) is 2. The Balaban J connectivity index is 1.56. The quantitative estimate of drug-likeness (QED) is 0.560. The van der Waals surface area contributed by atoms with Gasteiger partial charge in [0.2, 0.25) is 5.91 Å². The van der Waals surface area contributed by atoms with Gasteiger partial charge in [-0.1, -0.05) is 31.4 Å². The lowest BCUT2D eigenvalue weighted by Gasteiger charge is -2.30. The summed E-state index contributed by atoms with van der Waals surface area (Å²) in [6, 6.07) is 8.56. The maximum absolute atomic E-state index is 11.9. The van der Waals surface area contributed by atoms with Crippen molar-refractivity contribution in [3.63, 3.8) is 0 Å². The normalized spacial score (nSPS) is 21.4. The van der Waals surface area contributed by atoms with Crippen molar-refractivity contribution < 1.29 is 4.79 Å². The first-order valence-electron chi connectivity index (χ1n) is 11.3. The van der Waals surface area contributed by atoms with E-state index in [0.29, 0.717) is 18.3 Å². The molecule has 3 aliphatic rings. The molecule has 1 aliphatic heterocycles. The summed E-state index contributed by atoms with van der Waals surface area (Å²) in [5, 5.41) is 3.60. The molecule has 3 N–H and O–H groups in total. The van der Waals surface area contributed by atoms with Crippen LogP contribution in [0.2, 0.25) is 0 Å². The number of nitrogens with two attached hydrogens (primary N) is 1. The standard InChI is InChI=1S/C24H34N4O/c1-17(29)28-13-12-23(26-15-18-10-11-18)22(16-28)24(25)27-21-9-5-8-20(14-21)19-6-3-2-4-7-19/h5,8-9,14,18-19,26H,2-4,6-7,10-13,15-16H2,1H3,(H2,25,27). The Morgan fingerprint density at radius 2 is 2.00 bits per heavy atom. The van der Waals surface area contributed by atoms with E-state index < -0.39 is 0 Å². The molecule has 2 fully saturated rings. The Hall–Kier alpha value is -2.30. The molecule has 0 saturated heterocycles. The summed E-state index contributed by atoms with van der Waals surface area (Å²) in [5.41, 5.74) is 10.9. The number of hydrogen-bond acceptors (Lipinski definition) is 3. The monoisotopic (exact) mass is 394 g/mol. The maximum atomic E-state index is 11.9. The summed E-state index contributed by atoms with van der Waals surface area (Å²) < 4.78 is 0. The number of carbonyl (C=O) groups excluding carboxylic acids is 1. The van der Waals surface area contributed by atoms with Gasteiger partial charge in [-0.2, -0.15) is 0 Å². The summed E-state index contributed by atoms with van der Waals surface area (Å²) in [7, 11) is 0. The van der Waals surface area contributed by atoms with Crippen LogP contribution >= 0.6 is 0 Å². The number of rotatable bonds is 6. The highest BCUT2D eigenvalue weighted by Gasteiger charge is 2.26. The molecule has 1 aromatic carbocycles. The van der Waals surface area contributed by atoms with Crippen molar-refractivity contribution >= 4 is 17.4 Å². The average Bonchev–Trinajstić information content (AvgIpc) is 3.57. The molecule has 156 valence electrons. The van der Waals surface area contributed by atoms with Crippen molar-refractivity contribution in [3.8, 4) is 0 Å². The highest BCUT2D eigenvalue weighted by Crippen LogP contribution is 2.34. The van der Waals surface area contributed by atoms with Crippen molar-refractivity contribution in [2.24, 2.45) is 16.6 Å². The van der Waals surface area contributed by atoms with Crippen LogP contribution in [0.5, 0.6) is 0 Å². The molecule has 0 atom stereocenters. The number of carbonyl (C=O) groups is 1. The molecule has 5 heteroatoms. The van der Waals surface area contributed by atoms with Gasteiger partial charge < -0.3 is 16.0 Å². The molecule has 1 aromatic rings. The van der Waals surface area contributed by atoms with Crippen LogP contribution in [0.15, 0.2) is 40.5 Å². The molecular formula is C24H34N4O. The Kier molecular flexibility index (Phi) is 6.22. The fourth-order valence-electron chi connectivity index (χ4n) is 4.54. The van der Waals surface area contributed by atoms with Crippen molar-refractivity contribution in [2.75, 3.05) is 19.6 Å². The minimum atomic E-state index is 0.0934. The van der Waals surface area contributed by atoms with Crippen LogP contribution < -0.4 is 11.1 Å². The summed E-state index contributed by atoms with van der Waals surface area (Å²) in [6.07, 6.45) is 10.00. The zero-order valence-electron chi connectivity index (χ0n) is 17.6. The predicted molar refractivity (Wildman–Crippen MR) is 118 cm³/mol. The van der Waals surface area contributed by atoms with Crippen LogP contribution in [0, 0.1) is 5.92 Å². The fraction of sp³-hybridized carbons (Fsp3) is 0.583. The van der Waals surface area contributed by atoms with Crippen LogP contribution in [-0.2, 0) is 4.79 Å². The molecule has 0 unspecified atom stereocenters. The van der Waals surface area contributed by atoms with Crippen LogP contribution in [0.4, 0.5) is 5.69 Å². The maximum Gasteiger partial charge on any atom is 0.219 e. The van der Waals surface area contributed by atoms with Gasteiger partial charge in [-0.25, -0.2) is 4.99 Å². The van der Waals surface area contributed by atoms with E-state index in [4.69, 9.17) is 10.7 Å². The highest BCUT2D eigenvalue weighted by atomic mass is 16.2. The first kappa shape index (κ1) is 20.0. The fourth-order valence-corrected chi connectivity index (χ4v) is 4.54. The summed E-state index contributed by atoms with van der Waals surface area (Å²) in [6.45, 7) is 3.92. The first-order chi connectivity index (χ1) is 14.1. The lowest BCUT2D eigenvalue weighted by molar-refractivity contribution is -0.128. The summed E-state index contributed by atoms with van der Waals surface area (Å²) >= 11 is 0. The minimum absolute atomic E-state index is 0.0934. The molecule has 29 heavy (non-hydrogen) atoms. The molecule has 2 aliphatic carbocycles. The van der Waals surface area contributed by atoms with Crippen LogP contribution in [0.25, 0.3) is 0 Å². The Bertz CT molecular complexity index is 803. The van der Waals surface area contributed by atoms with E-state index >= 15 is 0 Å². The Labute approximate surface area is 174 Å². The van der Waals surface area contributed by atoms with Crippen molar-refractivity contribution in [3.05, 3.63) is 41.1 Å². The average molecular weight is 395 g/mol. The largest absolute Gasteiger partial charge is 0.388 e. The molecule has 0 spiro atoms. The molecule has 5 nitrogen and oxygen atoms in total. The minimum Gasteiger partial charge on any atom is -0.388 e. The molecule has 2 saturated carbocycles. The Morgan fingerprint density at radius 3 is 2.72 bits per heavy atom. The molecule has 1 amide bonds. The van der Waals surface area contributed by atoms with Crippen LogP contribution in [0.1, 0.15) is 69.8 Å². The van der Waals surface area contributed by atoms with E-state index in [0.717, 1.165) is 36.7 Å².